The van der Waals surface area contributed by atoms with Gasteiger partial charge in [0.15, 0.2) is 0 Å². The van der Waals surface area contributed by atoms with Crippen LogP contribution in [0.5, 0.6) is 5.75 Å². The summed E-state index contributed by atoms with van der Waals surface area (Å²) in [4.78, 5) is 9.95. The molecule has 0 aliphatic rings. The van der Waals surface area contributed by atoms with Gasteiger partial charge in [0.05, 0.1) is 0 Å². The maximum Gasteiger partial charge on any atom is 0.511 e. The third-order valence-corrected chi connectivity index (χ3v) is 0.948. The van der Waals surface area contributed by atoms with Crippen LogP contribution in [0.3, 0.4) is 0 Å². The van der Waals surface area contributed by atoms with Crippen LogP contribution in [0.15, 0.2) is 30.3 Å². The molecule has 0 aliphatic heterocycles. The van der Waals surface area contributed by atoms with E-state index in [1.807, 2.05) is 0 Å². The standard InChI is InChI=1S/C7H6O3.H2O/c8-7(9)10-6-4-2-1-3-5-6;/h1-5H,(H,8,9);1H2. The van der Waals surface area contributed by atoms with Crippen LogP contribution in [-0.4, -0.2) is 16.7 Å². The average molecular weight is 156 g/mol. The molecule has 60 valence electrons. The molecule has 0 unspecified atom stereocenters. The smallest absolute Gasteiger partial charge is 0.449 e. The van der Waals surface area contributed by atoms with Gasteiger partial charge in [-0.05, 0) is 12.1 Å². The molecule has 0 amide bonds. The minimum Gasteiger partial charge on any atom is -0.449 e. The fraction of sp³-hybridized carbons (Fsp3) is 0. The monoisotopic (exact) mass is 156 g/mol. The van der Waals surface area contributed by atoms with E-state index in [0.717, 1.165) is 0 Å². The maximum absolute atomic E-state index is 9.95. The van der Waals surface area contributed by atoms with Crippen molar-refractivity contribution >= 4 is 6.16 Å². The summed E-state index contributed by atoms with van der Waals surface area (Å²) in [6, 6.07) is 8.35. The number of hydrogen-bond donors (Lipinski definition) is 1. The molecule has 0 radical (unpaired) electrons. The normalized spacial score (nSPS) is 8.00. The second-order valence-corrected chi connectivity index (χ2v) is 1.68. The van der Waals surface area contributed by atoms with Gasteiger partial charge in [-0.15, -0.1) is 0 Å². The number of para-hydroxylation sites is 1. The van der Waals surface area contributed by atoms with E-state index in [1.165, 1.54) is 0 Å². The lowest BCUT2D eigenvalue weighted by atomic mass is 10.3. The Morgan fingerprint density at radius 1 is 1.27 bits per heavy atom. The van der Waals surface area contributed by atoms with Gasteiger partial charge in [-0.25, -0.2) is 4.79 Å². The summed E-state index contributed by atoms with van der Waals surface area (Å²) in [7, 11) is 0. The highest BCUT2D eigenvalue weighted by molar-refractivity contribution is 5.60. The van der Waals surface area contributed by atoms with Crippen LogP contribution < -0.4 is 4.74 Å². The topological polar surface area (TPSA) is 78.0 Å². The van der Waals surface area contributed by atoms with E-state index in [2.05, 4.69) is 4.74 Å². The van der Waals surface area contributed by atoms with E-state index in [1.54, 1.807) is 30.3 Å². The van der Waals surface area contributed by atoms with E-state index < -0.39 is 6.16 Å². The van der Waals surface area contributed by atoms with Gasteiger partial charge in [0.25, 0.3) is 0 Å². The highest BCUT2D eigenvalue weighted by Gasteiger charge is 1.96. The number of carboxylic acid groups (broad SMARTS) is 1. The summed E-state index contributed by atoms with van der Waals surface area (Å²) < 4.78 is 4.33. The van der Waals surface area contributed by atoms with Gasteiger partial charge in [-0.3, -0.25) is 0 Å². The largest absolute Gasteiger partial charge is 0.511 e. The molecule has 0 saturated heterocycles. The first-order chi connectivity index (χ1) is 4.79. The Labute approximate surface area is 63.3 Å². The summed E-state index contributed by atoms with van der Waals surface area (Å²) >= 11 is 0. The van der Waals surface area contributed by atoms with Crippen molar-refractivity contribution in [2.45, 2.75) is 0 Å². The Kier molecular flexibility index (Phi) is 3.69. The molecule has 1 aromatic rings. The second kappa shape index (κ2) is 4.29. The highest BCUT2D eigenvalue weighted by atomic mass is 16.7. The van der Waals surface area contributed by atoms with Crippen molar-refractivity contribution in [3.8, 4) is 5.75 Å². The maximum atomic E-state index is 9.95. The number of ether oxygens (including phenoxy) is 1. The van der Waals surface area contributed by atoms with Crippen molar-refractivity contribution < 1.29 is 20.1 Å². The van der Waals surface area contributed by atoms with Crippen LogP contribution in [0.2, 0.25) is 0 Å². The minimum atomic E-state index is -1.29. The fourth-order valence-electron chi connectivity index (χ4n) is 0.589. The third kappa shape index (κ3) is 3.22. The van der Waals surface area contributed by atoms with Gasteiger partial charge in [-0.2, -0.15) is 0 Å². The zero-order valence-corrected chi connectivity index (χ0v) is 5.65. The first-order valence-electron chi connectivity index (χ1n) is 2.75. The molecule has 0 atom stereocenters. The molecule has 11 heavy (non-hydrogen) atoms. The lowest BCUT2D eigenvalue weighted by Crippen LogP contribution is -2.02. The quantitative estimate of drug-likeness (QED) is 0.485. The van der Waals surface area contributed by atoms with Crippen molar-refractivity contribution in [2.75, 3.05) is 0 Å². The van der Waals surface area contributed by atoms with Crippen molar-refractivity contribution in [2.24, 2.45) is 0 Å². The SMILES string of the molecule is O.O=C(O)Oc1ccccc1. The summed E-state index contributed by atoms with van der Waals surface area (Å²) in [5.41, 5.74) is 0. The number of benzene rings is 1. The van der Waals surface area contributed by atoms with Gasteiger partial charge in [0.1, 0.15) is 5.75 Å². The molecule has 1 rings (SSSR count). The molecule has 1 aromatic carbocycles. The average Bonchev–Trinajstić information content (AvgIpc) is 1.88. The number of hydrogen-bond acceptors (Lipinski definition) is 2. The lowest BCUT2D eigenvalue weighted by Gasteiger charge is -1.95. The van der Waals surface area contributed by atoms with E-state index in [4.69, 9.17) is 5.11 Å². The van der Waals surface area contributed by atoms with E-state index in [-0.39, 0.29) is 5.48 Å². The second-order valence-electron chi connectivity index (χ2n) is 1.68. The molecule has 4 nitrogen and oxygen atoms in total. The van der Waals surface area contributed by atoms with Gasteiger partial charge >= 0.3 is 6.16 Å². The minimum absolute atomic E-state index is 0. The molecule has 0 saturated carbocycles. The first-order valence-corrected chi connectivity index (χ1v) is 2.75. The zero-order chi connectivity index (χ0) is 7.40. The number of carbonyl (C=O) groups is 1. The van der Waals surface area contributed by atoms with Gasteiger partial charge in [0.2, 0.25) is 0 Å². The summed E-state index contributed by atoms with van der Waals surface area (Å²) in [6.07, 6.45) is -1.29. The zero-order valence-electron chi connectivity index (χ0n) is 5.65. The molecule has 4 heteroatoms. The Morgan fingerprint density at radius 3 is 2.27 bits per heavy atom. The van der Waals surface area contributed by atoms with E-state index >= 15 is 0 Å². The van der Waals surface area contributed by atoms with Gasteiger partial charge < -0.3 is 15.3 Å². The Balaban J connectivity index is 0.000001000. The van der Waals surface area contributed by atoms with Gasteiger partial charge in [-0.1, -0.05) is 18.2 Å². The number of rotatable bonds is 1. The van der Waals surface area contributed by atoms with Gasteiger partial charge in [0, 0.05) is 0 Å². The summed E-state index contributed by atoms with van der Waals surface area (Å²) in [5.74, 6) is 0.343. The molecular weight excluding hydrogens is 148 g/mol. The predicted octanol–water partition coefficient (Wildman–Crippen LogP) is 0.919. The molecule has 0 heterocycles. The predicted molar refractivity (Wildman–Crippen MR) is 38.7 cm³/mol. The Bertz CT molecular complexity index is 219. The summed E-state index contributed by atoms with van der Waals surface area (Å²) in [6.45, 7) is 0. The van der Waals surface area contributed by atoms with Crippen molar-refractivity contribution in [3.05, 3.63) is 30.3 Å². The lowest BCUT2D eigenvalue weighted by molar-refractivity contribution is 0.144. The first kappa shape index (κ1) is 9.45. The summed E-state index contributed by atoms with van der Waals surface area (Å²) in [5, 5.41) is 8.14. The Hall–Kier alpha value is -1.55. The molecule has 0 fully saturated rings. The van der Waals surface area contributed by atoms with Crippen LogP contribution in [0, 0.1) is 0 Å². The molecule has 0 spiro atoms. The van der Waals surface area contributed by atoms with E-state index in [0.29, 0.717) is 5.75 Å². The van der Waals surface area contributed by atoms with Crippen molar-refractivity contribution in [1.29, 1.82) is 0 Å². The van der Waals surface area contributed by atoms with Crippen LogP contribution in [0.1, 0.15) is 0 Å². The highest BCUT2D eigenvalue weighted by Crippen LogP contribution is 2.07. The molecule has 3 N–H and O–H groups in total. The van der Waals surface area contributed by atoms with Crippen LogP contribution in [0.4, 0.5) is 4.79 Å². The molecular formula is C7H8O4. The van der Waals surface area contributed by atoms with E-state index in [9.17, 15) is 4.79 Å². The molecule has 0 aliphatic carbocycles. The molecule has 0 bridgehead atoms. The Morgan fingerprint density at radius 2 is 1.82 bits per heavy atom. The van der Waals surface area contributed by atoms with Crippen molar-refractivity contribution in [3.63, 3.8) is 0 Å². The molecule has 0 aromatic heterocycles. The van der Waals surface area contributed by atoms with Crippen LogP contribution in [0.25, 0.3) is 0 Å². The van der Waals surface area contributed by atoms with Crippen LogP contribution in [-0.2, 0) is 0 Å². The van der Waals surface area contributed by atoms with Crippen LogP contribution >= 0.6 is 0 Å². The van der Waals surface area contributed by atoms with Crippen molar-refractivity contribution in [1.82, 2.24) is 0 Å². The third-order valence-electron chi connectivity index (χ3n) is 0.948. The fourth-order valence-corrected chi connectivity index (χ4v) is 0.589.